The van der Waals surface area contributed by atoms with Gasteiger partial charge in [-0.15, -0.1) is 0 Å². The van der Waals surface area contributed by atoms with Crippen molar-refractivity contribution in [3.05, 3.63) is 23.8 Å². The van der Waals surface area contributed by atoms with Crippen LogP contribution in [0, 0.1) is 10.8 Å². The predicted octanol–water partition coefficient (Wildman–Crippen LogP) is 5.51. The van der Waals surface area contributed by atoms with Crippen LogP contribution in [-0.4, -0.2) is 49.4 Å². The molecule has 0 saturated heterocycles. The molecule has 40 heavy (non-hydrogen) atoms. The minimum atomic E-state index is -1.57. The molecule has 1 rings (SSSR count). The van der Waals surface area contributed by atoms with Crippen molar-refractivity contribution in [2.75, 3.05) is 13.7 Å². The van der Waals surface area contributed by atoms with E-state index < -0.39 is 40.4 Å². The Balaban J connectivity index is 3.25. The van der Waals surface area contributed by atoms with Crippen LogP contribution in [-0.2, 0) is 35.0 Å². The number of rotatable bonds is 15. The lowest BCUT2D eigenvalue weighted by Gasteiger charge is -2.27. The number of nitrogens with two attached hydrogens (primary N) is 1. The molecule has 1 aromatic carbocycles. The summed E-state index contributed by atoms with van der Waals surface area (Å²) in [5.41, 5.74) is 3.85. The van der Waals surface area contributed by atoms with Crippen LogP contribution in [0.3, 0.4) is 0 Å². The Bertz CT molecular complexity index is 1030. The number of esters is 3. The molecule has 0 bridgehead atoms. The predicted molar refractivity (Wildman–Crippen MR) is 150 cm³/mol. The number of hydrogen-bond donors (Lipinski definition) is 1. The van der Waals surface area contributed by atoms with Gasteiger partial charge in [-0.1, -0.05) is 33.3 Å². The van der Waals surface area contributed by atoms with Crippen LogP contribution in [0.5, 0.6) is 11.5 Å². The van der Waals surface area contributed by atoms with Gasteiger partial charge in [-0.2, -0.15) is 0 Å². The van der Waals surface area contributed by atoms with E-state index in [4.69, 9.17) is 29.4 Å². The van der Waals surface area contributed by atoms with Crippen molar-refractivity contribution in [2.45, 2.75) is 106 Å². The third-order valence-electron chi connectivity index (χ3n) is 7.16. The molecule has 10 nitrogen and oxygen atoms in total. The molecule has 2 N–H and O–H groups in total. The second kappa shape index (κ2) is 15.0. The molecular formula is C30H47NO9. The Morgan fingerprint density at radius 1 is 0.875 bits per heavy atom. The summed E-state index contributed by atoms with van der Waals surface area (Å²) < 4.78 is 26.6. The average Bonchev–Trinajstić information content (AvgIpc) is 2.89. The van der Waals surface area contributed by atoms with E-state index in [2.05, 4.69) is 0 Å². The van der Waals surface area contributed by atoms with Gasteiger partial charge in [-0.25, -0.2) is 4.79 Å². The number of methoxy groups -OCH3 is 1. The van der Waals surface area contributed by atoms with E-state index in [1.807, 2.05) is 20.8 Å². The fourth-order valence-electron chi connectivity index (χ4n) is 3.40. The minimum absolute atomic E-state index is 0.0289. The highest BCUT2D eigenvalue weighted by atomic mass is 16.7. The normalized spacial score (nSPS) is 13.9. The topological polar surface area (TPSA) is 140 Å². The Morgan fingerprint density at radius 3 is 1.93 bits per heavy atom. The zero-order valence-corrected chi connectivity index (χ0v) is 25.5. The van der Waals surface area contributed by atoms with E-state index in [1.165, 1.54) is 19.2 Å². The molecule has 0 aliphatic carbocycles. The lowest BCUT2D eigenvalue weighted by molar-refractivity contribution is -0.148. The van der Waals surface area contributed by atoms with Crippen LogP contribution < -0.4 is 15.2 Å². The molecular weight excluding hydrogens is 518 g/mol. The average molecular weight is 566 g/mol. The second-order valence-electron chi connectivity index (χ2n) is 11.4. The van der Waals surface area contributed by atoms with Crippen molar-refractivity contribution in [2.24, 2.45) is 16.6 Å². The van der Waals surface area contributed by atoms with E-state index in [9.17, 15) is 19.2 Å². The van der Waals surface area contributed by atoms with E-state index in [0.717, 1.165) is 6.42 Å². The molecule has 10 heteroatoms. The molecule has 0 unspecified atom stereocenters. The van der Waals surface area contributed by atoms with Gasteiger partial charge in [-0.3, -0.25) is 14.4 Å². The summed E-state index contributed by atoms with van der Waals surface area (Å²) in [6, 6.07) is 4.63. The van der Waals surface area contributed by atoms with Crippen molar-refractivity contribution in [1.82, 2.24) is 0 Å². The first-order chi connectivity index (χ1) is 18.5. The third kappa shape index (κ3) is 10.1. The molecule has 226 valence electrons. The first-order valence-corrected chi connectivity index (χ1v) is 13.8. The Morgan fingerprint density at radius 2 is 1.43 bits per heavy atom. The van der Waals surface area contributed by atoms with Gasteiger partial charge in [0.1, 0.15) is 11.6 Å². The van der Waals surface area contributed by atoms with Crippen molar-refractivity contribution >= 4 is 24.1 Å². The summed E-state index contributed by atoms with van der Waals surface area (Å²) in [6.45, 7) is 14.3. The number of carbonyl (C=O) groups excluding carboxylic acids is 4. The van der Waals surface area contributed by atoms with Crippen LogP contribution in [0.25, 0.3) is 0 Å². The molecule has 0 aliphatic heterocycles. The number of hydrogen-bond acceptors (Lipinski definition) is 10. The molecule has 0 spiro atoms. The second-order valence-corrected chi connectivity index (χ2v) is 11.4. The van der Waals surface area contributed by atoms with Gasteiger partial charge in [0.25, 0.3) is 0 Å². The summed E-state index contributed by atoms with van der Waals surface area (Å²) in [7, 11) is 1.21. The Hall–Kier alpha value is -3.14. The van der Waals surface area contributed by atoms with Gasteiger partial charge in [0.15, 0.2) is 11.5 Å². The summed E-state index contributed by atoms with van der Waals surface area (Å²) in [4.78, 5) is 50.4. The number of carbonyl (C=O) groups is 4. The monoisotopic (exact) mass is 565 g/mol. The number of ether oxygens (including phenoxy) is 5. The highest BCUT2D eigenvalue weighted by molar-refractivity contribution is 5.82. The number of benzene rings is 1. The first-order valence-electron chi connectivity index (χ1n) is 13.8. The molecule has 0 amide bonds. The van der Waals surface area contributed by atoms with E-state index in [0.29, 0.717) is 24.8 Å². The zero-order valence-electron chi connectivity index (χ0n) is 25.5. The highest BCUT2D eigenvalue weighted by Gasteiger charge is 2.37. The van der Waals surface area contributed by atoms with E-state index in [1.54, 1.807) is 40.7 Å². The summed E-state index contributed by atoms with van der Waals surface area (Å²) in [5, 5.41) is 0. The lowest BCUT2D eigenvalue weighted by atomic mass is 9.88. The van der Waals surface area contributed by atoms with Crippen molar-refractivity contribution in [3.8, 4) is 11.5 Å². The van der Waals surface area contributed by atoms with Gasteiger partial charge in [0, 0.05) is 12.8 Å². The molecule has 0 radical (unpaired) electrons. The molecule has 2 atom stereocenters. The Kier molecular flexibility index (Phi) is 13.1. The lowest BCUT2D eigenvalue weighted by Crippen LogP contribution is -2.51. The van der Waals surface area contributed by atoms with E-state index in [-0.39, 0.29) is 37.1 Å². The largest absolute Gasteiger partial charge is 0.508 e. The molecule has 0 fully saturated rings. The Labute approximate surface area is 238 Å². The molecule has 1 aromatic rings. The fourth-order valence-corrected chi connectivity index (χ4v) is 3.40. The van der Waals surface area contributed by atoms with Gasteiger partial charge in [0.2, 0.25) is 0 Å². The smallest absolute Gasteiger partial charge is 0.468 e. The van der Waals surface area contributed by atoms with Gasteiger partial charge < -0.3 is 29.4 Å². The zero-order chi connectivity index (χ0) is 30.7. The maximum Gasteiger partial charge on any atom is 0.508 e. The van der Waals surface area contributed by atoms with Crippen LogP contribution in [0.15, 0.2) is 18.2 Å². The molecule has 0 saturated carbocycles. The molecule has 0 aromatic heterocycles. The van der Waals surface area contributed by atoms with Crippen LogP contribution >= 0.6 is 0 Å². The minimum Gasteiger partial charge on any atom is -0.468 e. The maximum atomic E-state index is 12.9. The SMILES string of the molecule is CCC[C@H](C)OC(=O)OCC[C@@](N)(Cc1ccc(OC(=O)C(C)(C)CC)c(OC(=O)C(C)(C)CC)c1)C(=O)OC. The quantitative estimate of drug-likeness (QED) is 0.214. The maximum absolute atomic E-state index is 12.9. The summed E-state index contributed by atoms with van der Waals surface area (Å²) >= 11 is 0. The fraction of sp³-hybridized carbons (Fsp3) is 0.667. The van der Waals surface area contributed by atoms with Crippen LogP contribution in [0.1, 0.15) is 93.1 Å². The van der Waals surface area contributed by atoms with E-state index >= 15 is 0 Å². The summed E-state index contributed by atoms with van der Waals surface area (Å²) in [6.07, 6.45) is 1.38. The molecule has 0 heterocycles. The van der Waals surface area contributed by atoms with Crippen molar-refractivity contribution in [3.63, 3.8) is 0 Å². The van der Waals surface area contributed by atoms with Gasteiger partial charge in [0.05, 0.1) is 24.5 Å². The van der Waals surface area contributed by atoms with Gasteiger partial charge >= 0.3 is 24.1 Å². The third-order valence-corrected chi connectivity index (χ3v) is 7.16. The van der Waals surface area contributed by atoms with Crippen molar-refractivity contribution in [1.29, 1.82) is 0 Å². The van der Waals surface area contributed by atoms with Crippen LogP contribution in [0.2, 0.25) is 0 Å². The summed E-state index contributed by atoms with van der Waals surface area (Å²) in [5.74, 6) is -1.59. The molecule has 0 aliphatic rings. The standard InChI is InChI=1S/C30H47NO9/c1-10-13-20(4)38-27(35)37-17-16-30(31,26(34)36-9)19-21-14-15-22(39-24(32)28(5,6)11-2)23(18-21)40-25(33)29(7,8)12-3/h14-15,18,20H,10-13,16-17,19,31H2,1-9H3/t20-,30+/m0/s1. The van der Waals surface area contributed by atoms with Crippen LogP contribution in [0.4, 0.5) is 4.79 Å². The van der Waals surface area contributed by atoms with Gasteiger partial charge in [-0.05, 0) is 71.6 Å². The highest BCUT2D eigenvalue weighted by Crippen LogP contribution is 2.35. The first kappa shape index (κ1) is 34.9. The van der Waals surface area contributed by atoms with Crippen molar-refractivity contribution < 1.29 is 42.9 Å².